The second kappa shape index (κ2) is 68.9. The molecule has 0 saturated heterocycles. The predicted octanol–water partition coefficient (Wildman–Crippen LogP) is 1.13. The number of hydrogen-bond acceptors (Lipinski definition) is 5. The summed E-state index contributed by atoms with van der Waals surface area (Å²) in [6, 6.07) is 0. The minimum absolute atomic E-state index is 0.250. The molecule has 0 aromatic rings. The van der Waals surface area contributed by atoms with E-state index in [0.717, 1.165) is 6.54 Å². The molecular formula is C13H37NO4. The van der Waals surface area contributed by atoms with Crippen LogP contribution in [0.15, 0.2) is 0 Å². The molecule has 5 nitrogen and oxygen atoms in total. The van der Waals surface area contributed by atoms with Crippen LogP contribution in [0.1, 0.15) is 53.9 Å². The fraction of sp³-hybridized carbons (Fsp3) is 1.00. The normalized spacial score (nSPS) is 7.00. The highest BCUT2D eigenvalue weighted by Gasteiger charge is 1.75. The van der Waals surface area contributed by atoms with Gasteiger partial charge < -0.3 is 26.2 Å². The summed E-state index contributed by atoms with van der Waals surface area (Å²) in [6.07, 6.45) is 3.75. The van der Waals surface area contributed by atoms with Crippen LogP contribution in [0.2, 0.25) is 0 Å². The number of aliphatic hydroxyl groups is 4. The third-order valence-corrected chi connectivity index (χ3v) is 0.808. The average molecular weight is 271 g/mol. The molecule has 0 aromatic heterocycles. The molecule has 0 heterocycles. The first-order valence-electron chi connectivity index (χ1n) is 6.71. The highest BCUT2D eigenvalue weighted by atomic mass is 16.3. The maximum absolute atomic E-state index is 7.57. The highest BCUT2D eigenvalue weighted by molar-refractivity contribution is 4.34. The molecule has 0 aliphatic rings. The van der Waals surface area contributed by atoms with Gasteiger partial charge in [-0.25, -0.2) is 0 Å². The molecule has 0 radical (unpaired) electrons. The van der Waals surface area contributed by atoms with Crippen molar-refractivity contribution in [2.24, 2.45) is 5.73 Å². The standard InChI is InChI=1S/C5H13N.4C2H6O/c1-2-3-4-5-6;4*1-2-3/h2-6H2,1H3;4*3H,2H2,1H3. The molecule has 5 heteroatoms. The fourth-order valence-electron chi connectivity index (χ4n) is 0.394. The van der Waals surface area contributed by atoms with E-state index in [2.05, 4.69) is 6.92 Å². The Morgan fingerprint density at radius 3 is 0.889 bits per heavy atom. The van der Waals surface area contributed by atoms with Gasteiger partial charge in [-0.2, -0.15) is 0 Å². The second-order valence-corrected chi connectivity index (χ2v) is 2.76. The molecule has 0 aromatic carbocycles. The monoisotopic (exact) mass is 271 g/mol. The van der Waals surface area contributed by atoms with E-state index in [-0.39, 0.29) is 26.4 Å². The third-order valence-electron chi connectivity index (χ3n) is 0.808. The zero-order valence-electron chi connectivity index (χ0n) is 13.0. The molecule has 0 atom stereocenters. The van der Waals surface area contributed by atoms with Gasteiger partial charge in [0.25, 0.3) is 0 Å². The SMILES string of the molecule is CCCCCN.CCO.CCO.CCO.CCO. The Labute approximate surface area is 114 Å². The quantitative estimate of drug-likeness (QED) is 0.495. The third kappa shape index (κ3) is 441. The summed E-state index contributed by atoms with van der Waals surface area (Å²) < 4.78 is 0. The summed E-state index contributed by atoms with van der Waals surface area (Å²) in [6.45, 7) is 10.8. The van der Waals surface area contributed by atoms with Gasteiger partial charge in [-0.05, 0) is 40.7 Å². The second-order valence-electron chi connectivity index (χ2n) is 2.76. The Kier molecular flexibility index (Phi) is 117. The Bertz CT molecular complexity index is 55.0. The topological polar surface area (TPSA) is 107 Å². The van der Waals surface area contributed by atoms with Crippen LogP contribution in [-0.4, -0.2) is 53.4 Å². The van der Waals surface area contributed by atoms with E-state index >= 15 is 0 Å². The van der Waals surface area contributed by atoms with Gasteiger partial charge in [0, 0.05) is 26.4 Å². The van der Waals surface area contributed by atoms with Gasteiger partial charge in [-0.3, -0.25) is 0 Å². The van der Waals surface area contributed by atoms with Gasteiger partial charge in [0.2, 0.25) is 0 Å². The molecule has 0 saturated carbocycles. The highest BCUT2D eigenvalue weighted by Crippen LogP contribution is 1.88. The number of unbranched alkanes of at least 4 members (excludes halogenated alkanes) is 2. The van der Waals surface area contributed by atoms with Crippen molar-refractivity contribution in [3.05, 3.63) is 0 Å². The molecule has 0 unspecified atom stereocenters. The minimum atomic E-state index is 0.250. The summed E-state index contributed by atoms with van der Waals surface area (Å²) in [5.41, 5.74) is 5.21. The van der Waals surface area contributed by atoms with Crippen LogP contribution < -0.4 is 5.73 Å². The molecule has 0 bridgehead atoms. The van der Waals surface area contributed by atoms with E-state index < -0.39 is 0 Å². The van der Waals surface area contributed by atoms with E-state index in [1.165, 1.54) is 19.3 Å². The molecule has 6 N–H and O–H groups in total. The van der Waals surface area contributed by atoms with Crippen molar-refractivity contribution in [3.8, 4) is 0 Å². The van der Waals surface area contributed by atoms with Crippen LogP contribution in [0.4, 0.5) is 0 Å². The van der Waals surface area contributed by atoms with Gasteiger partial charge in [-0.15, -0.1) is 0 Å². The molecular weight excluding hydrogens is 234 g/mol. The predicted molar refractivity (Wildman–Crippen MR) is 79.6 cm³/mol. The van der Waals surface area contributed by atoms with Crippen molar-refractivity contribution in [2.75, 3.05) is 33.0 Å². The molecule has 0 fully saturated rings. The molecule has 118 valence electrons. The lowest BCUT2D eigenvalue weighted by atomic mass is 10.3. The number of aliphatic hydroxyl groups excluding tert-OH is 4. The molecule has 0 aliphatic heterocycles. The van der Waals surface area contributed by atoms with Gasteiger partial charge in [0.15, 0.2) is 0 Å². The summed E-state index contributed by atoms with van der Waals surface area (Å²) in [4.78, 5) is 0. The van der Waals surface area contributed by atoms with Crippen LogP contribution >= 0.6 is 0 Å². The molecule has 0 spiro atoms. The van der Waals surface area contributed by atoms with Crippen molar-refractivity contribution in [3.63, 3.8) is 0 Å². The van der Waals surface area contributed by atoms with Crippen LogP contribution in [0, 0.1) is 0 Å². The van der Waals surface area contributed by atoms with E-state index in [1.54, 1.807) is 27.7 Å². The first-order chi connectivity index (χ1) is 8.57. The Morgan fingerprint density at radius 2 is 0.833 bits per heavy atom. The average Bonchev–Trinajstić information content (AvgIpc) is 2.30. The Hall–Kier alpha value is -0.200. The minimum Gasteiger partial charge on any atom is -0.397 e. The van der Waals surface area contributed by atoms with Crippen LogP contribution in [0.25, 0.3) is 0 Å². The lowest BCUT2D eigenvalue weighted by Crippen LogP contribution is -1.96. The zero-order valence-corrected chi connectivity index (χ0v) is 13.0. The molecule has 0 rings (SSSR count). The van der Waals surface area contributed by atoms with E-state index in [4.69, 9.17) is 26.2 Å². The van der Waals surface area contributed by atoms with E-state index in [9.17, 15) is 0 Å². The molecule has 0 aliphatic carbocycles. The van der Waals surface area contributed by atoms with Gasteiger partial charge in [0.1, 0.15) is 0 Å². The summed E-state index contributed by atoms with van der Waals surface area (Å²) in [5, 5.41) is 30.3. The molecule has 0 amide bonds. The van der Waals surface area contributed by atoms with Gasteiger partial charge >= 0.3 is 0 Å². The number of nitrogens with two attached hydrogens (primary N) is 1. The fourth-order valence-corrected chi connectivity index (χ4v) is 0.394. The van der Waals surface area contributed by atoms with Crippen molar-refractivity contribution in [1.29, 1.82) is 0 Å². The number of rotatable bonds is 3. The maximum atomic E-state index is 7.57. The largest absolute Gasteiger partial charge is 0.397 e. The summed E-state index contributed by atoms with van der Waals surface area (Å²) in [5.74, 6) is 0. The number of hydrogen-bond donors (Lipinski definition) is 5. The summed E-state index contributed by atoms with van der Waals surface area (Å²) in [7, 11) is 0. The Morgan fingerprint density at radius 1 is 0.611 bits per heavy atom. The smallest absolute Gasteiger partial charge is 0.0402 e. The zero-order chi connectivity index (χ0) is 15.7. The summed E-state index contributed by atoms with van der Waals surface area (Å²) >= 11 is 0. The van der Waals surface area contributed by atoms with Crippen molar-refractivity contribution >= 4 is 0 Å². The van der Waals surface area contributed by atoms with Crippen molar-refractivity contribution in [1.82, 2.24) is 0 Å². The van der Waals surface area contributed by atoms with E-state index in [1.807, 2.05) is 0 Å². The lowest BCUT2D eigenvalue weighted by Gasteiger charge is -1.86. The lowest BCUT2D eigenvalue weighted by molar-refractivity contribution is 0.318. The van der Waals surface area contributed by atoms with Gasteiger partial charge in [0.05, 0.1) is 0 Å². The van der Waals surface area contributed by atoms with Crippen molar-refractivity contribution in [2.45, 2.75) is 53.9 Å². The van der Waals surface area contributed by atoms with Crippen LogP contribution in [0.3, 0.4) is 0 Å². The van der Waals surface area contributed by atoms with Gasteiger partial charge in [-0.1, -0.05) is 19.8 Å². The first-order valence-corrected chi connectivity index (χ1v) is 6.71. The molecule has 18 heavy (non-hydrogen) atoms. The van der Waals surface area contributed by atoms with Crippen molar-refractivity contribution < 1.29 is 20.4 Å². The first kappa shape index (κ1) is 30.7. The Balaban J connectivity index is -0.0000000412. The van der Waals surface area contributed by atoms with Crippen LogP contribution in [-0.2, 0) is 0 Å². The van der Waals surface area contributed by atoms with E-state index in [0.29, 0.717) is 0 Å². The van der Waals surface area contributed by atoms with Crippen LogP contribution in [0.5, 0.6) is 0 Å². The maximum Gasteiger partial charge on any atom is 0.0402 e.